The molecule has 1 aromatic rings. The topological polar surface area (TPSA) is 0 Å². The van der Waals surface area contributed by atoms with Crippen molar-refractivity contribution in [3.8, 4) is 0 Å². The van der Waals surface area contributed by atoms with Crippen LogP contribution in [0, 0.1) is 3.57 Å². The molecule has 0 saturated heterocycles. The first-order valence-electron chi connectivity index (χ1n) is 6.73. The van der Waals surface area contributed by atoms with Crippen molar-refractivity contribution < 1.29 is 21.2 Å². The Morgan fingerprint density at radius 2 is 1.59 bits per heavy atom. The molecule has 17 heavy (non-hydrogen) atoms. The number of hydrogen-bond donors (Lipinski definition) is 0. The van der Waals surface area contributed by atoms with Crippen molar-refractivity contribution in [2.75, 3.05) is 0 Å². The minimum Gasteiger partial charge on any atom is -0.0654 e. The first-order chi connectivity index (χ1) is 8.36. The van der Waals surface area contributed by atoms with E-state index in [1.807, 2.05) is 0 Å². The van der Waals surface area contributed by atoms with Crippen LogP contribution in [0.3, 0.4) is 0 Å². The van der Waals surface area contributed by atoms with E-state index in [9.17, 15) is 0 Å². The molecule has 1 aromatic carbocycles. The lowest BCUT2D eigenvalue weighted by Gasteiger charge is -2.01. The van der Waals surface area contributed by atoms with Gasteiger partial charge in [-0.3, -0.25) is 0 Å². The maximum absolute atomic E-state index is 2.57. The largest absolute Gasteiger partial charge is 0.349 e. The summed E-state index contributed by atoms with van der Waals surface area (Å²) in [5.41, 5.74) is 1.71. The van der Waals surface area contributed by atoms with Crippen molar-refractivity contribution in [3.63, 3.8) is 0 Å². The van der Waals surface area contributed by atoms with E-state index in [-0.39, 0.29) is 21.2 Å². The van der Waals surface area contributed by atoms with E-state index in [1.54, 1.807) is 5.57 Å². The molecule has 0 fully saturated rings. The van der Waals surface area contributed by atoms with Gasteiger partial charge in [-0.25, -0.2) is 0 Å². The summed E-state index contributed by atoms with van der Waals surface area (Å²) < 4.78 is 4.11. The van der Waals surface area contributed by atoms with Crippen molar-refractivity contribution in [2.24, 2.45) is 0 Å². The first-order valence-corrected chi connectivity index (χ1v) is 9.05. The lowest BCUT2D eigenvalue weighted by Crippen LogP contribution is -3.59. The fourth-order valence-electron chi connectivity index (χ4n) is 1.67. The molecule has 0 amide bonds. The van der Waals surface area contributed by atoms with E-state index < -0.39 is 0 Å². The molecule has 1 heteroatoms. The Morgan fingerprint density at radius 3 is 2.12 bits per heavy atom. The van der Waals surface area contributed by atoms with Crippen LogP contribution in [0.5, 0.6) is 0 Å². The summed E-state index contributed by atoms with van der Waals surface area (Å²) in [6.07, 6.45) is 7.98. The smallest absolute Gasteiger partial charge is 0.0654 e. The molecule has 0 heterocycles. The summed E-state index contributed by atoms with van der Waals surface area (Å²) in [5.74, 6) is 0. The third-order valence-electron chi connectivity index (χ3n) is 2.77. The van der Waals surface area contributed by atoms with Gasteiger partial charge in [-0.1, -0.05) is 44.9 Å². The Hall–Kier alpha value is -0.310. The fraction of sp³-hybridized carbons (Fsp3) is 0.500. The fourth-order valence-corrected chi connectivity index (χ4v) is 3.92. The minimum absolute atomic E-state index is 0.0889. The van der Waals surface area contributed by atoms with E-state index in [0.29, 0.717) is 0 Å². The Morgan fingerprint density at radius 1 is 1.00 bits per heavy atom. The Bertz CT molecular complexity index is 304. The molecule has 0 radical (unpaired) electrons. The van der Waals surface area contributed by atoms with Crippen molar-refractivity contribution >= 4 is 0 Å². The summed E-state index contributed by atoms with van der Waals surface area (Å²) in [6.45, 7) is 4.56. The molecule has 0 spiro atoms. The molecular weight excluding hydrogens is 319 g/mol. The van der Waals surface area contributed by atoms with E-state index in [1.165, 1.54) is 42.1 Å². The summed E-state index contributed by atoms with van der Waals surface area (Å²) in [4.78, 5) is 0. The zero-order valence-corrected chi connectivity index (χ0v) is 13.2. The van der Waals surface area contributed by atoms with Crippen molar-refractivity contribution in [1.82, 2.24) is 0 Å². The van der Waals surface area contributed by atoms with E-state index in [0.717, 1.165) is 0 Å². The monoisotopic (exact) mass is 343 g/mol. The number of benzene rings is 1. The highest BCUT2D eigenvalue weighted by atomic mass is 127. The normalized spacial score (nSPS) is 10.2. The molecule has 0 unspecified atom stereocenters. The highest BCUT2D eigenvalue weighted by molar-refractivity contribution is 5.01. The number of unbranched alkanes of at least 4 members (excludes halogenated alkanes) is 2. The predicted octanol–water partition coefficient (Wildman–Crippen LogP) is 2.21. The third kappa shape index (κ3) is 6.87. The Balaban J connectivity index is 2.49. The van der Waals surface area contributed by atoms with Crippen molar-refractivity contribution in [3.05, 3.63) is 43.6 Å². The van der Waals surface area contributed by atoms with Crippen molar-refractivity contribution in [2.45, 2.75) is 52.4 Å². The molecule has 0 N–H and O–H groups in total. The second kappa shape index (κ2) is 9.69. The predicted molar refractivity (Wildman–Crippen MR) is 72.3 cm³/mol. The molecule has 0 bridgehead atoms. The lowest BCUT2D eigenvalue weighted by atomic mass is 10.1. The minimum atomic E-state index is 0.0889. The Labute approximate surface area is 117 Å². The van der Waals surface area contributed by atoms with Crippen molar-refractivity contribution in [1.29, 1.82) is 0 Å². The van der Waals surface area contributed by atoms with Gasteiger partial charge >= 0.3 is 21.2 Å². The average Bonchev–Trinajstić information content (AvgIpc) is 2.39. The van der Waals surface area contributed by atoms with Crippen LogP contribution in [-0.4, -0.2) is 0 Å². The van der Waals surface area contributed by atoms with Gasteiger partial charge in [0.25, 0.3) is 0 Å². The number of rotatable bonds is 8. The van der Waals surface area contributed by atoms with E-state index >= 15 is 0 Å². The molecule has 0 atom stereocenters. The molecule has 0 aliphatic carbocycles. The quantitative estimate of drug-likeness (QED) is 0.635. The first kappa shape index (κ1) is 14.7. The van der Waals surface area contributed by atoms with Gasteiger partial charge in [0.1, 0.15) is 0 Å². The summed E-state index contributed by atoms with van der Waals surface area (Å²) >= 11 is 0.0889. The molecule has 1 rings (SSSR count). The van der Waals surface area contributed by atoms with Gasteiger partial charge in [-0.05, 0) is 43.4 Å². The second-order valence-electron chi connectivity index (χ2n) is 4.38. The van der Waals surface area contributed by atoms with Crippen LogP contribution in [0.4, 0.5) is 0 Å². The van der Waals surface area contributed by atoms with Gasteiger partial charge in [0.15, 0.2) is 7.65 Å². The number of halogens is 1. The van der Waals surface area contributed by atoms with Crippen LogP contribution >= 0.6 is 0 Å². The molecule has 0 aromatic heterocycles. The van der Waals surface area contributed by atoms with Gasteiger partial charge < -0.3 is 0 Å². The zero-order valence-electron chi connectivity index (χ0n) is 11.1. The van der Waals surface area contributed by atoms with Gasteiger partial charge in [-0.15, -0.1) is 0 Å². The van der Waals surface area contributed by atoms with Crippen LogP contribution in [0.15, 0.2) is 40.0 Å². The maximum Gasteiger partial charge on any atom is 0.349 e. The zero-order chi connectivity index (χ0) is 12.3. The van der Waals surface area contributed by atoms with Gasteiger partial charge in [0, 0.05) is 0 Å². The molecule has 0 nitrogen and oxygen atoms in total. The van der Waals surface area contributed by atoms with Gasteiger partial charge in [0.05, 0.1) is 0 Å². The summed E-state index contributed by atoms with van der Waals surface area (Å²) in [6, 6.07) is 10.9. The summed E-state index contributed by atoms with van der Waals surface area (Å²) in [7, 11) is 0. The van der Waals surface area contributed by atoms with Crippen LogP contribution < -0.4 is 21.2 Å². The maximum atomic E-state index is 2.57. The van der Waals surface area contributed by atoms with Gasteiger partial charge in [-0.2, -0.15) is 0 Å². The highest BCUT2D eigenvalue weighted by Crippen LogP contribution is 2.12. The number of allylic oxidation sites excluding steroid dienone is 1. The third-order valence-corrected chi connectivity index (χ3v) is 5.40. The van der Waals surface area contributed by atoms with Crippen LogP contribution in [0.25, 0.3) is 0 Å². The molecule has 0 aliphatic heterocycles. The molecule has 0 saturated carbocycles. The van der Waals surface area contributed by atoms with E-state index in [2.05, 4.69) is 48.3 Å². The highest BCUT2D eigenvalue weighted by Gasteiger charge is 2.09. The summed E-state index contributed by atoms with van der Waals surface area (Å²) in [5, 5.41) is 0. The van der Waals surface area contributed by atoms with Gasteiger partial charge in [0.2, 0.25) is 0 Å². The second-order valence-corrected chi connectivity index (χ2v) is 6.87. The SMILES string of the molecule is CCCCC(=C[I+]c1ccccc1)CCCC. The number of hydrogen-bond acceptors (Lipinski definition) is 0. The Kier molecular flexibility index (Phi) is 8.41. The van der Waals surface area contributed by atoms with Crippen LogP contribution in [-0.2, 0) is 0 Å². The average molecular weight is 343 g/mol. The van der Waals surface area contributed by atoms with Crippen LogP contribution in [0.2, 0.25) is 0 Å². The standard InChI is InChI=1S/C16H24I/c1-3-5-10-15(11-6-4-2)14-17-16-12-8-7-9-13-16/h7-9,12-14H,3-6,10-11H2,1-2H3/q+1. The van der Waals surface area contributed by atoms with E-state index in [4.69, 9.17) is 0 Å². The molecule has 94 valence electrons. The molecular formula is C16H24I+. The molecule has 0 aliphatic rings. The van der Waals surface area contributed by atoms with Crippen LogP contribution in [0.1, 0.15) is 52.4 Å². The lowest BCUT2D eigenvalue weighted by molar-refractivity contribution is -0.557.